The molecule has 0 heterocycles. The van der Waals surface area contributed by atoms with Crippen LogP contribution in [0.15, 0.2) is 0 Å². The van der Waals surface area contributed by atoms with E-state index in [1.165, 1.54) is 0 Å². The number of primary amides is 1. The van der Waals surface area contributed by atoms with E-state index in [2.05, 4.69) is 5.43 Å². The Balaban J connectivity index is 3.83. The smallest absolute Gasteiger partial charge is 0.236 e. The third kappa shape index (κ3) is 2.43. The van der Waals surface area contributed by atoms with Crippen molar-refractivity contribution in [2.75, 3.05) is 0 Å². The second kappa shape index (κ2) is 3.42. The van der Waals surface area contributed by atoms with Crippen LogP contribution in [0.1, 0.15) is 13.8 Å². The molecule has 0 radical (unpaired) electrons. The number of nitrogens with one attached hydrogen (secondary N) is 1. The van der Waals surface area contributed by atoms with Crippen LogP contribution in [0.3, 0.4) is 0 Å². The average Bonchev–Trinajstić information content (AvgIpc) is 1.64. The number of rotatable bonds is 3. The van der Waals surface area contributed by atoms with Crippen LogP contribution in [-0.4, -0.2) is 11.9 Å². The summed E-state index contributed by atoms with van der Waals surface area (Å²) in [6.07, 6.45) is 0. The number of amides is 1. The average molecular weight is 131 g/mol. The van der Waals surface area contributed by atoms with E-state index >= 15 is 0 Å². The summed E-state index contributed by atoms with van der Waals surface area (Å²) >= 11 is 0. The lowest BCUT2D eigenvalue weighted by molar-refractivity contribution is -0.121. The summed E-state index contributed by atoms with van der Waals surface area (Å²) in [6.45, 7) is 3.74. The van der Waals surface area contributed by atoms with Crippen molar-refractivity contribution in [1.82, 2.24) is 5.43 Å². The highest BCUT2D eigenvalue weighted by Crippen LogP contribution is 1.97. The third-order valence-corrected chi connectivity index (χ3v) is 1.15. The van der Waals surface area contributed by atoms with Gasteiger partial charge in [0.25, 0.3) is 0 Å². The van der Waals surface area contributed by atoms with E-state index in [1.807, 2.05) is 13.8 Å². The highest BCUT2D eigenvalue weighted by atomic mass is 16.1. The van der Waals surface area contributed by atoms with Gasteiger partial charge < -0.3 is 5.73 Å². The Morgan fingerprint density at radius 1 is 1.56 bits per heavy atom. The zero-order valence-corrected chi connectivity index (χ0v) is 5.72. The molecular weight excluding hydrogens is 118 g/mol. The van der Waals surface area contributed by atoms with E-state index in [4.69, 9.17) is 11.6 Å². The van der Waals surface area contributed by atoms with Crippen LogP contribution in [0.2, 0.25) is 0 Å². The van der Waals surface area contributed by atoms with Crippen LogP contribution in [0.25, 0.3) is 0 Å². The minimum Gasteiger partial charge on any atom is -0.368 e. The summed E-state index contributed by atoms with van der Waals surface area (Å²) in [6, 6.07) is -0.412. The van der Waals surface area contributed by atoms with Crippen molar-refractivity contribution in [1.29, 1.82) is 0 Å². The van der Waals surface area contributed by atoms with Gasteiger partial charge >= 0.3 is 0 Å². The Labute approximate surface area is 54.6 Å². The summed E-state index contributed by atoms with van der Waals surface area (Å²) in [7, 11) is 0. The van der Waals surface area contributed by atoms with Crippen LogP contribution < -0.4 is 17.0 Å². The molecule has 5 N–H and O–H groups in total. The van der Waals surface area contributed by atoms with Crippen LogP contribution in [-0.2, 0) is 4.79 Å². The highest BCUT2D eigenvalue weighted by molar-refractivity contribution is 5.79. The predicted octanol–water partition coefficient (Wildman–Crippen LogP) is -1.04. The number of nitrogens with two attached hydrogens (primary N) is 2. The first-order valence-corrected chi connectivity index (χ1v) is 2.85. The largest absolute Gasteiger partial charge is 0.368 e. The van der Waals surface area contributed by atoms with Gasteiger partial charge in [-0.15, -0.1) is 0 Å². The molecule has 4 heteroatoms. The molecule has 4 nitrogen and oxygen atoms in total. The van der Waals surface area contributed by atoms with E-state index in [-0.39, 0.29) is 5.92 Å². The molecule has 0 saturated carbocycles. The predicted molar refractivity (Wildman–Crippen MR) is 35.1 cm³/mol. The minimum atomic E-state index is -0.412. The van der Waals surface area contributed by atoms with Crippen LogP contribution >= 0.6 is 0 Å². The molecule has 0 spiro atoms. The molecule has 0 aromatic carbocycles. The number of carbonyl (C=O) groups is 1. The maximum absolute atomic E-state index is 10.5. The molecular formula is C5H13N3O. The van der Waals surface area contributed by atoms with Gasteiger partial charge in [-0.25, -0.2) is 5.43 Å². The van der Waals surface area contributed by atoms with Crippen molar-refractivity contribution in [2.24, 2.45) is 17.5 Å². The van der Waals surface area contributed by atoms with E-state index in [1.54, 1.807) is 0 Å². The molecule has 0 bridgehead atoms. The van der Waals surface area contributed by atoms with E-state index in [0.29, 0.717) is 0 Å². The molecule has 0 fully saturated rings. The third-order valence-electron chi connectivity index (χ3n) is 1.15. The molecule has 0 saturated heterocycles. The molecule has 0 unspecified atom stereocenters. The van der Waals surface area contributed by atoms with Gasteiger partial charge in [0.1, 0.15) is 6.04 Å². The minimum absolute atomic E-state index is 0.146. The van der Waals surface area contributed by atoms with Crippen LogP contribution in [0.4, 0.5) is 0 Å². The Kier molecular flexibility index (Phi) is 3.19. The van der Waals surface area contributed by atoms with Gasteiger partial charge in [-0.2, -0.15) is 0 Å². The molecule has 9 heavy (non-hydrogen) atoms. The van der Waals surface area contributed by atoms with Gasteiger partial charge in [-0.3, -0.25) is 10.6 Å². The summed E-state index contributed by atoms with van der Waals surface area (Å²) in [5, 5.41) is 0. The molecule has 1 atom stereocenters. The van der Waals surface area contributed by atoms with Gasteiger partial charge in [0.15, 0.2) is 0 Å². The van der Waals surface area contributed by atoms with Gasteiger partial charge in [-0.1, -0.05) is 13.8 Å². The quantitative estimate of drug-likeness (QED) is 0.338. The van der Waals surface area contributed by atoms with Gasteiger partial charge in [0.05, 0.1) is 0 Å². The van der Waals surface area contributed by atoms with Crippen LogP contribution in [0.5, 0.6) is 0 Å². The molecule has 0 aliphatic carbocycles. The normalized spacial score (nSPS) is 13.8. The van der Waals surface area contributed by atoms with Crippen molar-refractivity contribution in [3.8, 4) is 0 Å². The fourth-order valence-corrected chi connectivity index (χ4v) is 0.603. The standard InChI is InChI=1S/C5H13N3O/c1-3(2)4(8-7)5(6)9/h3-4,8H,7H2,1-2H3,(H2,6,9)/t4-/m0/s1. The van der Waals surface area contributed by atoms with E-state index in [0.717, 1.165) is 0 Å². The molecule has 54 valence electrons. The second-order valence-corrected chi connectivity index (χ2v) is 2.29. The SMILES string of the molecule is CC(C)[C@H](NN)C(N)=O. The number of hydrogen-bond acceptors (Lipinski definition) is 3. The molecule has 0 aromatic heterocycles. The maximum atomic E-state index is 10.5. The summed E-state index contributed by atoms with van der Waals surface area (Å²) in [5.41, 5.74) is 7.29. The monoisotopic (exact) mass is 131 g/mol. The molecule has 0 aliphatic heterocycles. The Morgan fingerprint density at radius 2 is 2.00 bits per heavy atom. The topological polar surface area (TPSA) is 81.1 Å². The molecule has 0 aliphatic rings. The first-order chi connectivity index (χ1) is 4.09. The lowest BCUT2D eigenvalue weighted by atomic mass is 10.1. The Hall–Kier alpha value is -0.610. The van der Waals surface area contributed by atoms with Crippen molar-refractivity contribution < 1.29 is 4.79 Å². The van der Waals surface area contributed by atoms with E-state index < -0.39 is 11.9 Å². The molecule has 0 aromatic rings. The van der Waals surface area contributed by atoms with Gasteiger partial charge in [0, 0.05) is 0 Å². The fourth-order valence-electron chi connectivity index (χ4n) is 0.603. The zero-order chi connectivity index (χ0) is 7.44. The highest BCUT2D eigenvalue weighted by Gasteiger charge is 2.16. The second-order valence-electron chi connectivity index (χ2n) is 2.29. The van der Waals surface area contributed by atoms with E-state index in [9.17, 15) is 4.79 Å². The van der Waals surface area contributed by atoms with Gasteiger partial charge in [-0.05, 0) is 5.92 Å². The summed E-state index contributed by atoms with van der Waals surface area (Å²) < 4.78 is 0. The van der Waals surface area contributed by atoms with Crippen LogP contribution in [0, 0.1) is 5.92 Å². The van der Waals surface area contributed by atoms with Crippen molar-refractivity contribution in [3.63, 3.8) is 0 Å². The first kappa shape index (κ1) is 8.39. The Bertz CT molecular complexity index is 102. The van der Waals surface area contributed by atoms with Gasteiger partial charge in [0.2, 0.25) is 5.91 Å². The van der Waals surface area contributed by atoms with Crippen molar-refractivity contribution >= 4 is 5.91 Å². The number of hydrazine groups is 1. The lowest BCUT2D eigenvalue weighted by Crippen LogP contribution is -2.48. The number of hydrogen-bond donors (Lipinski definition) is 3. The number of carbonyl (C=O) groups excluding carboxylic acids is 1. The summed E-state index contributed by atoms with van der Waals surface area (Å²) in [5.74, 6) is 4.76. The Morgan fingerprint density at radius 3 is 2.00 bits per heavy atom. The molecule has 1 amide bonds. The lowest BCUT2D eigenvalue weighted by Gasteiger charge is -2.14. The van der Waals surface area contributed by atoms with Crippen molar-refractivity contribution in [3.05, 3.63) is 0 Å². The zero-order valence-electron chi connectivity index (χ0n) is 5.72. The fraction of sp³-hybridized carbons (Fsp3) is 0.800. The maximum Gasteiger partial charge on any atom is 0.236 e. The van der Waals surface area contributed by atoms with Crippen molar-refractivity contribution in [2.45, 2.75) is 19.9 Å². The summed E-state index contributed by atoms with van der Waals surface area (Å²) in [4.78, 5) is 10.5. The molecule has 0 rings (SSSR count). The first-order valence-electron chi connectivity index (χ1n) is 2.85.